The Morgan fingerprint density at radius 2 is 2.33 bits per heavy atom. The van der Waals surface area contributed by atoms with Gasteiger partial charge < -0.3 is 10.3 Å². The van der Waals surface area contributed by atoms with E-state index in [1.807, 2.05) is 9.95 Å². The van der Waals surface area contributed by atoms with E-state index in [1.54, 1.807) is 25.4 Å². The van der Waals surface area contributed by atoms with Crippen molar-refractivity contribution in [3.8, 4) is 0 Å². The van der Waals surface area contributed by atoms with Crippen LogP contribution in [0.3, 0.4) is 0 Å². The third kappa shape index (κ3) is 3.03. The number of nitrogens with one attached hydrogen (secondary N) is 1. The lowest BCUT2D eigenvalue weighted by molar-refractivity contribution is 0.566. The third-order valence-electron chi connectivity index (χ3n) is 3.52. The van der Waals surface area contributed by atoms with Crippen LogP contribution >= 0.6 is 11.3 Å². The molecule has 6 nitrogen and oxygen atoms in total. The quantitative estimate of drug-likeness (QED) is 0.846. The van der Waals surface area contributed by atoms with Crippen LogP contribution in [0.2, 0.25) is 0 Å². The summed E-state index contributed by atoms with van der Waals surface area (Å²) in [5.41, 5.74) is 6.57. The molecule has 1 atom stereocenters. The van der Waals surface area contributed by atoms with E-state index in [0.29, 0.717) is 12.6 Å². The molecule has 0 radical (unpaired) electrons. The van der Waals surface area contributed by atoms with Crippen LogP contribution in [0.5, 0.6) is 0 Å². The van der Waals surface area contributed by atoms with Gasteiger partial charge in [0.15, 0.2) is 0 Å². The zero-order valence-corrected chi connectivity index (χ0v) is 13.3. The second-order valence-electron chi connectivity index (χ2n) is 5.22. The van der Waals surface area contributed by atoms with Gasteiger partial charge in [-0.25, -0.2) is 18.1 Å². The fraction of sp³-hybridized carbons (Fsp3) is 0.462. The Morgan fingerprint density at radius 1 is 1.57 bits per heavy atom. The number of nitrogens with zero attached hydrogens (tertiary/aromatic N) is 2. The molecule has 0 saturated heterocycles. The van der Waals surface area contributed by atoms with Gasteiger partial charge in [-0.1, -0.05) is 0 Å². The van der Waals surface area contributed by atoms with Crippen molar-refractivity contribution in [2.24, 2.45) is 5.73 Å². The van der Waals surface area contributed by atoms with Crippen molar-refractivity contribution < 1.29 is 8.42 Å². The first-order valence-electron chi connectivity index (χ1n) is 6.84. The highest BCUT2D eigenvalue weighted by Crippen LogP contribution is 2.37. The SMILES string of the molecule is CC(NS(=O)(=O)c1cc(CN)n(C2CC2)c1)c1nccs1. The minimum Gasteiger partial charge on any atom is -0.346 e. The Bertz CT molecular complexity index is 717. The van der Waals surface area contributed by atoms with Crippen molar-refractivity contribution in [2.45, 2.75) is 43.3 Å². The van der Waals surface area contributed by atoms with E-state index in [2.05, 4.69) is 9.71 Å². The minimum absolute atomic E-state index is 0.276. The Kier molecular flexibility index (Phi) is 3.87. The van der Waals surface area contributed by atoms with Crippen LogP contribution in [0, 0.1) is 0 Å². The number of nitrogens with two attached hydrogens (primary N) is 1. The van der Waals surface area contributed by atoms with E-state index in [9.17, 15) is 8.42 Å². The van der Waals surface area contributed by atoms with E-state index >= 15 is 0 Å². The van der Waals surface area contributed by atoms with Gasteiger partial charge >= 0.3 is 0 Å². The molecule has 0 bridgehead atoms. The first-order valence-corrected chi connectivity index (χ1v) is 9.20. The molecule has 21 heavy (non-hydrogen) atoms. The maximum atomic E-state index is 12.5. The zero-order chi connectivity index (χ0) is 15.0. The van der Waals surface area contributed by atoms with Crippen molar-refractivity contribution in [3.63, 3.8) is 0 Å². The van der Waals surface area contributed by atoms with Crippen LogP contribution in [0.1, 0.15) is 42.6 Å². The molecule has 1 fully saturated rings. The lowest BCUT2D eigenvalue weighted by Gasteiger charge is -2.10. The molecule has 0 amide bonds. The molecule has 8 heteroatoms. The summed E-state index contributed by atoms with van der Waals surface area (Å²) in [6.45, 7) is 2.13. The first-order chi connectivity index (χ1) is 10.0. The van der Waals surface area contributed by atoms with Crippen LogP contribution < -0.4 is 10.5 Å². The summed E-state index contributed by atoms with van der Waals surface area (Å²) >= 11 is 1.43. The molecule has 0 spiro atoms. The Hall–Kier alpha value is -1.22. The van der Waals surface area contributed by atoms with Gasteiger partial charge in [-0.15, -0.1) is 11.3 Å². The molecule has 3 N–H and O–H groups in total. The smallest absolute Gasteiger partial charge is 0.242 e. The van der Waals surface area contributed by atoms with E-state index in [0.717, 1.165) is 23.5 Å². The zero-order valence-electron chi connectivity index (χ0n) is 11.7. The fourth-order valence-corrected chi connectivity index (χ4v) is 4.28. The molecule has 2 aromatic heterocycles. The lowest BCUT2D eigenvalue weighted by Crippen LogP contribution is -2.26. The molecule has 2 aromatic rings. The van der Waals surface area contributed by atoms with E-state index in [1.165, 1.54) is 11.3 Å². The molecule has 1 aliphatic rings. The second-order valence-corrected chi connectivity index (χ2v) is 7.86. The predicted octanol–water partition coefficient (Wildman–Crippen LogP) is 1.78. The summed E-state index contributed by atoms with van der Waals surface area (Å²) in [6.07, 6.45) is 5.53. The van der Waals surface area contributed by atoms with Crippen molar-refractivity contribution in [1.82, 2.24) is 14.3 Å². The molecule has 1 unspecified atom stereocenters. The monoisotopic (exact) mass is 326 g/mol. The largest absolute Gasteiger partial charge is 0.346 e. The molecule has 0 aromatic carbocycles. The number of thiazole rings is 1. The minimum atomic E-state index is -3.56. The van der Waals surface area contributed by atoms with Crippen LogP contribution in [0.25, 0.3) is 0 Å². The topological polar surface area (TPSA) is 90.0 Å². The Morgan fingerprint density at radius 3 is 2.90 bits per heavy atom. The molecular formula is C13H18N4O2S2. The van der Waals surface area contributed by atoms with Gasteiger partial charge in [0.05, 0.1) is 10.9 Å². The summed E-state index contributed by atoms with van der Waals surface area (Å²) in [7, 11) is -3.56. The maximum absolute atomic E-state index is 12.5. The second kappa shape index (κ2) is 5.53. The fourth-order valence-electron chi connectivity index (χ4n) is 2.30. The standard InChI is InChI=1S/C13H18N4O2S2/c1-9(13-15-4-5-20-13)16-21(18,19)12-6-11(7-14)17(8-12)10-2-3-10/h4-6,8-10,16H,2-3,7,14H2,1H3. The van der Waals surface area contributed by atoms with Crippen LogP contribution in [-0.4, -0.2) is 18.0 Å². The normalized spacial score (nSPS) is 17.0. The van der Waals surface area contributed by atoms with Gasteiger partial charge in [-0.05, 0) is 25.8 Å². The summed E-state index contributed by atoms with van der Waals surface area (Å²) in [4.78, 5) is 4.41. The first kappa shape index (κ1) is 14.7. The van der Waals surface area contributed by atoms with Gasteiger partial charge in [0.25, 0.3) is 0 Å². The Balaban J connectivity index is 1.84. The average molecular weight is 326 g/mol. The van der Waals surface area contributed by atoms with E-state index in [-0.39, 0.29) is 10.9 Å². The molecular weight excluding hydrogens is 308 g/mol. The maximum Gasteiger partial charge on any atom is 0.242 e. The molecule has 1 saturated carbocycles. The van der Waals surface area contributed by atoms with Gasteiger partial charge in [-0.2, -0.15) is 0 Å². The number of hydrogen-bond donors (Lipinski definition) is 2. The number of hydrogen-bond acceptors (Lipinski definition) is 5. The van der Waals surface area contributed by atoms with Crippen LogP contribution in [-0.2, 0) is 16.6 Å². The van der Waals surface area contributed by atoms with E-state index in [4.69, 9.17) is 5.73 Å². The highest BCUT2D eigenvalue weighted by Gasteiger charge is 2.28. The van der Waals surface area contributed by atoms with Crippen LogP contribution in [0.15, 0.2) is 28.7 Å². The van der Waals surface area contributed by atoms with Crippen molar-refractivity contribution in [1.29, 1.82) is 0 Å². The summed E-state index contributed by atoms with van der Waals surface area (Å²) in [5, 5.41) is 2.58. The predicted molar refractivity (Wildman–Crippen MR) is 81.4 cm³/mol. The Labute approximate surface area is 128 Å². The summed E-state index contributed by atoms with van der Waals surface area (Å²) < 4.78 is 29.6. The molecule has 0 aliphatic heterocycles. The number of aromatic nitrogens is 2. The average Bonchev–Trinajstić information content (AvgIpc) is 2.98. The molecule has 3 rings (SSSR count). The summed E-state index contributed by atoms with van der Waals surface area (Å²) in [6, 6.07) is 1.72. The van der Waals surface area contributed by atoms with Crippen molar-refractivity contribution in [2.75, 3.05) is 0 Å². The number of sulfonamides is 1. The van der Waals surface area contributed by atoms with Gasteiger partial charge in [0.1, 0.15) is 5.01 Å². The highest BCUT2D eigenvalue weighted by atomic mass is 32.2. The highest BCUT2D eigenvalue weighted by molar-refractivity contribution is 7.89. The van der Waals surface area contributed by atoms with Gasteiger partial charge in [-0.3, -0.25) is 0 Å². The number of rotatable bonds is 6. The molecule has 1 aliphatic carbocycles. The van der Waals surface area contributed by atoms with Crippen LogP contribution in [0.4, 0.5) is 0 Å². The molecule has 2 heterocycles. The van der Waals surface area contributed by atoms with E-state index < -0.39 is 10.0 Å². The van der Waals surface area contributed by atoms with Crippen molar-refractivity contribution >= 4 is 21.4 Å². The molecule has 114 valence electrons. The third-order valence-corrected chi connectivity index (χ3v) is 5.99. The lowest BCUT2D eigenvalue weighted by atomic mass is 10.4. The summed E-state index contributed by atoms with van der Waals surface area (Å²) in [5.74, 6) is 0. The van der Waals surface area contributed by atoms with Gasteiger partial charge in [0.2, 0.25) is 10.0 Å². The van der Waals surface area contributed by atoms with Gasteiger partial charge in [0, 0.05) is 36.1 Å². The van der Waals surface area contributed by atoms with Crippen molar-refractivity contribution in [3.05, 3.63) is 34.5 Å².